The van der Waals surface area contributed by atoms with E-state index in [0.717, 1.165) is 0 Å². The molecular weight excluding hydrogens is 560 g/mol. The number of hydrogen-bond acceptors (Lipinski definition) is 9. The number of phenolic OH excluding ortho intramolecular Hbond substituents is 1. The van der Waals surface area contributed by atoms with Gasteiger partial charge in [-0.05, 0) is 70.2 Å². The summed E-state index contributed by atoms with van der Waals surface area (Å²) in [5.41, 5.74) is -1.18. The molecule has 2 heterocycles. The number of carbonyl (C=O) groups excluding carboxylic acids is 2. The second-order valence-corrected chi connectivity index (χ2v) is 12.8. The Kier molecular flexibility index (Phi) is 10.9. The van der Waals surface area contributed by atoms with Gasteiger partial charge in [0.1, 0.15) is 17.5 Å². The predicted octanol–water partition coefficient (Wildman–Crippen LogP) is 2.27. The molecule has 2 fully saturated rings. The number of phenols is 1. The van der Waals surface area contributed by atoms with Crippen molar-refractivity contribution in [2.45, 2.75) is 96.4 Å². The van der Waals surface area contributed by atoms with Crippen molar-refractivity contribution in [2.24, 2.45) is 11.8 Å². The number of aryl methyl sites for hydroxylation is 2. The lowest BCUT2D eigenvalue weighted by atomic mass is 9.79. The standard InChI is InChI=1S/C31H46N2O10/c1-17-12-21(13-18(2)24(17)36)27(38)32-15-23(35)25(37)26-19(3)22(34)14-31(42-26,28(39)40)10-7-8-20-9-11-33(16-20)29(41)43-30(4,5)6/h7-8,12-13,19-20,22-23,25-26,34-37H,9-11,14-16H2,1-6H3,(H,32,38)(H,39,40)/b8-7+/t19?,20-,22-,23?,25+,26+,31+/m0/s1. The van der Waals surface area contributed by atoms with Gasteiger partial charge >= 0.3 is 12.1 Å². The van der Waals surface area contributed by atoms with Gasteiger partial charge in [0.05, 0.1) is 18.3 Å². The van der Waals surface area contributed by atoms with Gasteiger partial charge in [0, 0.05) is 44.0 Å². The summed E-state index contributed by atoms with van der Waals surface area (Å²) in [7, 11) is 0. The molecule has 2 amide bonds. The molecule has 240 valence electrons. The van der Waals surface area contributed by atoms with Crippen LogP contribution in [0.15, 0.2) is 24.3 Å². The fraction of sp³-hybridized carbons (Fsp3) is 0.645. The summed E-state index contributed by atoms with van der Waals surface area (Å²) in [6.07, 6.45) is -2.11. The summed E-state index contributed by atoms with van der Waals surface area (Å²) >= 11 is 0. The number of aliphatic carboxylic acids is 1. The highest BCUT2D eigenvalue weighted by Crippen LogP contribution is 2.38. The zero-order chi connectivity index (χ0) is 32.3. The number of carboxylic acids is 1. The first kappa shape index (κ1) is 34.3. The van der Waals surface area contributed by atoms with Crippen molar-refractivity contribution < 1.29 is 49.4 Å². The lowest BCUT2D eigenvalue weighted by molar-refractivity contribution is -0.234. The molecule has 0 aliphatic carbocycles. The van der Waals surface area contributed by atoms with Gasteiger partial charge < -0.3 is 45.2 Å². The predicted molar refractivity (Wildman–Crippen MR) is 157 cm³/mol. The monoisotopic (exact) mass is 606 g/mol. The van der Waals surface area contributed by atoms with Gasteiger partial charge in [-0.2, -0.15) is 0 Å². The molecule has 2 aliphatic rings. The van der Waals surface area contributed by atoms with E-state index in [9.17, 15) is 39.9 Å². The van der Waals surface area contributed by atoms with Crippen molar-refractivity contribution in [1.82, 2.24) is 10.2 Å². The quantitative estimate of drug-likeness (QED) is 0.228. The van der Waals surface area contributed by atoms with Gasteiger partial charge in [0.25, 0.3) is 5.91 Å². The van der Waals surface area contributed by atoms with Gasteiger partial charge in [-0.15, -0.1) is 0 Å². The second kappa shape index (κ2) is 13.6. The molecule has 43 heavy (non-hydrogen) atoms. The summed E-state index contributed by atoms with van der Waals surface area (Å²) in [6.45, 7) is 10.9. The molecular formula is C31H46N2O10. The van der Waals surface area contributed by atoms with Crippen LogP contribution in [0.4, 0.5) is 4.79 Å². The molecule has 1 aromatic rings. The van der Waals surface area contributed by atoms with Gasteiger partial charge in [0.15, 0.2) is 5.60 Å². The fourth-order valence-corrected chi connectivity index (χ4v) is 5.51. The number of aliphatic hydroxyl groups is 3. The Hall–Kier alpha value is -3.19. The van der Waals surface area contributed by atoms with E-state index in [2.05, 4.69) is 5.32 Å². The van der Waals surface area contributed by atoms with E-state index in [-0.39, 0.29) is 36.6 Å². The van der Waals surface area contributed by atoms with Gasteiger partial charge in [-0.1, -0.05) is 19.1 Å². The number of nitrogens with zero attached hydrogens (tertiary/aromatic N) is 1. The molecule has 2 aliphatic heterocycles. The molecule has 0 saturated carbocycles. The number of nitrogens with one attached hydrogen (secondary N) is 1. The Bertz CT molecular complexity index is 1190. The molecule has 2 saturated heterocycles. The molecule has 0 radical (unpaired) electrons. The molecule has 0 bridgehead atoms. The molecule has 7 atom stereocenters. The number of hydrogen-bond donors (Lipinski definition) is 6. The lowest BCUT2D eigenvalue weighted by Crippen LogP contribution is -2.60. The van der Waals surface area contributed by atoms with Crippen LogP contribution >= 0.6 is 0 Å². The maximum atomic E-state index is 12.6. The first-order valence-corrected chi connectivity index (χ1v) is 14.6. The van der Waals surface area contributed by atoms with E-state index in [0.29, 0.717) is 30.6 Å². The zero-order valence-corrected chi connectivity index (χ0v) is 25.7. The summed E-state index contributed by atoms with van der Waals surface area (Å²) < 4.78 is 11.4. The molecule has 12 heteroatoms. The molecule has 0 aromatic heterocycles. The summed E-state index contributed by atoms with van der Waals surface area (Å²) in [4.78, 5) is 39.1. The molecule has 0 spiro atoms. The minimum Gasteiger partial charge on any atom is -0.507 e. The minimum atomic E-state index is -1.86. The van der Waals surface area contributed by atoms with Crippen LogP contribution in [0.3, 0.4) is 0 Å². The average molecular weight is 607 g/mol. The third kappa shape index (κ3) is 8.47. The highest BCUT2D eigenvalue weighted by atomic mass is 16.6. The number of amides is 2. The Labute approximate surface area is 252 Å². The van der Waals surface area contributed by atoms with E-state index < -0.39 is 59.5 Å². The van der Waals surface area contributed by atoms with Crippen LogP contribution in [0, 0.1) is 25.7 Å². The van der Waals surface area contributed by atoms with E-state index >= 15 is 0 Å². The first-order chi connectivity index (χ1) is 19.9. The van der Waals surface area contributed by atoms with Crippen LogP contribution < -0.4 is 5.32 Å². The van der Waals surface area contributed by atoms with Crippen LogP contribution in [0.5, 0.6) is 5.75 Å². The number of likely N-dealkylation sites (tertiary alicyclic amines) is 1. The number of benzene rings is 1. The molecule has 3 rings (SSSR count). The third-order valence-corrected chi connectivity index (χ3v) is 8.10. The third-order valence-electron chi connectivity index (χ3n) is 8.10. The van der Waals surface area contributed by atoms with E-state index in [1.807, 2.05) is 6.08 Å². The van der Waals surface area contributed by atoms with Crippen LogP contribution in [0.2, 0.25) is 0 Å². The Morgan fingerprint density at radius 3 is 2.42 bits per heavy atom. The first-order valence-electron chi connectivity index (χ1n) is 14.6. The van der Waals surface area contributed by atoms with Crippen LogP contribution in [0.1, 0.15) is 68.4 Å². The second-order valence-electron chi connectivity index (χ2n) is 12.8. The summed E-state index contributed by atoms with van der Waals surface area (Å²) in [5.74, 6) is -2.49. The highest BCUT2D eigenvalue weighted by Gasteiger charge is 2.52. The number of carbonyl (C=O) groups is 3. The van der Waals surface area contributed by atoms with Crippen molar-refractivity contribution in [3.8, 4) is 5.75 Å². The largest absolute Gasteiger partial charge is 0.507 e. The summed E-state index contributed by atoms with van der Waals surface area (Å²) in [6, 6.07) is 3.00. The minimum absolute atomic E-state index is 0.0150. The van der Waals surface area contributed by atoms with Crippen molar-refractivity contribution in [2.75, 3.05) is 19.6 Å². The van der Waals surface area contributed by atoms with Crippen LogP contribution in [-0.4, -0.2) is 104 Å². The number of rotatable bonds is 9. The Balaban J connectivity index is 1.64. The van der Waals surface area contributed by atoms with Crippen LogP contribution in [-0.2, 0) is 14.3 Å². The molecule has 1 aromatic carbocycles. The smallest absolute Gasteiger partial charge is 0.410 e. The van der Waals surface area contributed by atoms with E-state index in [1.165, 1.54) is 12.1 Å². The van der Waals surface area contributed by atoms with Crippen LogP contribution in [0.25, 0.3) is 0 Å². The Morgan fingerprint density at radius 2 is 1.84 bits per heavy atom. The fourth-order valence-electron chi connectivity index (χ4n) is 5.51. The average Bonchev–Trinajstić information content (AvgIpc) is 3.39. The topological polar surface area (TPSA) is 186 Å². The van der Waals surface area contributed by atoms with E-state index in [4.69, 9.17) is 9.47 Å². The SMILES string of the molecule is Cc1cc(C(=O)NCC(O)[C@@H](O)[C@@H]2O[C@@](C/C=C/[C@H]3CCN(C(=O)OC(C)(C)C)C3)(C(=O)O)C[C@H](O)C2C)cc(C)c1O. The van der Waals surface area contributed by atoms with Gasteiger partial charge in [0.2, 0.25) is 0 Å². The Morgan fingerprint density at radius 1 is 1.21 bits per heavy atom. The lowest BCUT2D eigenvalue weighted by Gasteiger charge is -2.46. The van der Waals surface area contributed by atoms with Crippen molar-refractivity contribution in [1.29, 1.82) is 0 Å². The highest BCUT2D eigenvalue weighted by molar-refractivity contribution is 5.94. The van der Waals surface area contributed by atoms with Gasteiger partial charge in [-0.3, -0.25) is 4.79 Å². The van der Waals surface area contributed by atoms with Crippen molar-refractivity contribution in [3.05, 3.63) is 41.0 Å². The summed E-state index contributed by atoms with van der Waals surface area (Å²) in [5, 5.41) is 55.1. The molecule has 6 N–H and O–H groups in total. The van der Waals surface area contributed by atoms with E-state index in [1.54, 1.807) is 52.5 Å². The number of carboxylic acid groups (broad SMARTS) is 1. The molecule has 2 unspecified atom stereocenters. The van der Waals surface area contributed by atoms with Crippen molar-refractivity contribution >= 4 is 18.0 Å². The number of ether oxygens (including phenoxy) is 2. The maximum absolute atomic E-state index is 12.6. The number of aliphatic hydroxyl groups excluding tert-OH is 3. The number of aromatic hydroxyl groups is 1. The van der Waals surface area contributed by atoms with Gasteiger partial charge in [-0.25, -0.2) is 9.59 Å². The zero-order valence-electron chi connectivity index (χ0n) is 25.7. The van der Waals surface area contributed by atoms with Crippen molar-refractivity contribution in [3.63, 3.8) is 0 Å². The molecule has 12 nitrogen and oxygen atoms in total. The normalized spacial score (nSPS) is 27.6. The maximum Gasteiger partial charge on any atom is 0.410 e.